The van der Waals surface area contributed by atoms with E-state index < -0.39 is 0 Å². The second-order valence-electron chi connectivity index (χ2n) is 6.11. The lowest BCUT2D eigenvalue weighted by atomic mass is 9.93. The molecule has 120 valence electrons. The highest BCUT2D eigenvalue weighted by atomic mass is 16.1. The summed E-state index contributed by atoms with van der Waals surface area (Å²) in [6.45, 7) is 1.94. The molecule has 3 aromatic rings. The van der Waals surface area contributed by atoms with Crippen molar-refractivity contribution in [3.05, 3.63) is 71.9 Å². The third-order valence-electron chi connectivity index (χ3n) is 4.59. The van der Waals surface area contributed by atoms with Crippen LogP contribution in [0.1, 0.15) is 28.3 Å². The molecule has 1 saturated heterocycles. The number of fused-ring (bicyclic) bond motifs is 1. The van der Waals surface area contributed by atoms with Gasteiger partial charge in [-0.15, -0.1) is 0 Å². The van der Waals surface area contributed by atoms with Gasteiger partial charge in [0.2, 0.25) is 0 Å². The molecule has 1 atom stereocenters. The van der Waals surface area contributed by atoms with Crippen molar-refractivity contribution < 1.29 is 4.79 Å². The van der Waals surface area contributed by atoms with Crippen molar-refractivity contribution in [2.24, 2.45) is 0 Å². The number of benzene rings is 2. The molecule has 0 saturated carbocycles. The maximum Gasteiger partial charge on any atom is 0.256 e. The van der Waals surface area contributed by atoms with Gasteiger partial charge in [0.25, 0.3) is 5.91 Å². The molecule has 1 fully saturated rings. The number of nitrogens with zero attached hydrogens (tertiary/aromatic N) is 1. The molecule has 1 aromatic heterocycles. The lowest BCUT2D eigenvalue weighted by Crippen LogP contribution is -2.17. The van der Waals surface area contributed by atoms with Gasteiger partial charge < -0.3 is 10.6 Å². The van der Waals surface area contributed by atoms with Crippen molar-refractivity contribution in [1.29, 1.82) is 0 Å². The summed E-state index contributed by atoms with van der Waals surface area (Å²) >= 11 is 0. The molecule has 0 unspecified atom stereocenters. The normalized spacial score (nSPS) is 17.1. The fourth-order valence-corrected chi connectivity index (χ4v) is 3.37. The molecule has 1 aliphatic rings. The van der Waals surface area contributed by atoms with Gasteiger partial charge in [0, 0.05) is 23.7 Å². The Kier molecular flexibility index (Phi) is 3.97. The Hall–Kier alpha value is -2.72. The smallest absolute Gasteiger partial charge is 0.256 e. The predicted octanol–water partition coefficient (Wildman–Crippen LogP) is 3.56. The molecule has 4 nitrogen and oxygen atoms in total. The maximum atomic E-state index is 12.9. The first kappa shape index (κ1) is 14.8. The minimum absolute atomic E-state index is 0.0735. The highest BCUT2D eigenvalue weighted by Crippen LogP contribution is 2.27. The number of aromatic nitrogens is 1. The predicted molar refractivity (Wildman–Crippen MR) is 96.4 cm³/mol. The van der Waals surface area contributed by atoms with Crippen LogP contribution in [0.4, 0.5) is 5.69 Å². The van der Waals surface area contributed by atoms with Crippen LogP contribution < -0.4 is 10.6 Å². The summed E-state index contributed by atoms with van der Waals surface area (Å²) < 4.78 is 0. The number of amides is 1. The second-order valence-corrected chi connectivity index (χ2v) is 6.11. The topological polar surface area (TPSA) is 54.0 Å². The van der Waals surface area contributed by atoms with E-state index in [1.165, 1.54) is 0 Å². The van der Waals surface area contributed by atoms with Crippen molar-refractivity contribution >= 4 is 22.5 Å². The summed E-state index contributed by atoms with van der Waals surface area (Å²) in [6.07, 6.45) is 2.82. The molecule has 2 N–H and O–H groups in total. The van der Waals surface area contributed by atoms with Crippen LogP contribution in [0.2, 0.25) is 0 Å². The molecule has 4 rings (SSSR count). The average Bonchev–Trinajstić information content (AvgIpc) is 3.16. The SMILES string of the molecule is O=C(Nc1cccc2cccnc12)c1ccccc1[C@H]1CCNC1. The quantitative estimate of drug-likeness (QED) is 0.776. The molecule has 24 heavy (non-hydrogen) atoms. The lowest BCUT2D eigenvalue weighted by Gasteiger charge is -2.15. The molecule has 0 aliphatic carbocycles. The Bertz CT molecular complexity index is 879. The fraction of sp³-hybridized carbons (Fsp3) is 0.200. The zero-order valence-corrected chi connectivity index (χ0v) is 13.3. The van der Waals surface area contributed by atoms with Crippen molar-refractivity contribution in [3.63, 3.8) is 0 Å². The first-order chi connectivity index (χ1) is 11.8. The highest BCUT2D eigenvalue weighted by molar-refractivity contribution is 6.09. The third-order valence-corrected chi connectivity index (χ3v) is 4.59. The summed E-state index contributed by atoms with van der Waals surface area (Å²) in [6, 6.07) is 17.6. The number of para-hydroxylation sites is 1. The Labute approximate surface area is 140 Å². The minimum Gasteiger partial charge on any atom is -0.320 e. The van der Waals surface area contributed by atoms with Gasteiger partial charge in [0.05, 0.1) is 11.2 Å². The van der Waals surface area contributed by atoms with Gasteiger partial charge in [-0.3, -0.25) is 9.78 Å². The zero-order valence-electron chi connectivity index (χ0n) is 13.3. The summed E-state index contributed by atoms with van der Waals surface area (Å²) in [4.78, 5) is 17.3. The van der Waals surface area contributed by atoms with Crippen LogP contribution in [-0.4, -0.2) is 24.0 Å². The number of carbonyl (C=O) groups excluding carboxylic acids is 1. The van der Waals surface area contributed by atoms with Crippen molar-refractivity contribution in [3.8, 4) is 0 Å². The standard InChI is InChI=1S/C20H19N3O/c24-20(17-8-2-1-7-16(17)15-10-12-21-13-15)23-18-9-3-5-14-6-4-11-22-19(14)18/h1-9,11,15,21H,10,12-13H2,(H,23,24)/t15-/m0/s1. The van der Waals surface area contributed by atoms with E-state index in [1.807, 2.05) is 48.5 Å². The number of nitrogens with one attached hydrogen (secondary N) is 2. The van der Waals surface area contributed by atoms with Gasteiger partial charge in [-0.05, 0) is 42.6 Å². The van der Waals surface area contributed by atoms with E-state index in [-0.39, 0.29) is 5.91 Å². The zero-order chi connectivity index (χ0) is 16.4. The van der Waals surface area contributed by atoms with E-state index in [2.05, 4.69) is 21.7 Å². The van der Waals surface area contributed by atoms with Gasteiger partial charge in [0.15, 0.2) is 0 Å². The average molecular weight is 317 g/mol. The van der Waals surface area contributed by atoms with Gasteiger partial charge >= 0.3 is 0 Å². The van der Waals surface area contributed by atoms with Crippen LogP contribution in [-0.2, 0) is 0 Å². The lowest BCUT2D eigenvalue weighted by molar-refractivity contribution is 0.102. The van der Waals surface area contributed by atoms with Gasteiger partial charge in [-0.25, -0.2) is 0 Å². The molecule has 0 bridgehead atoms. The number of carbonyl (C=O) groups is 1. The van der Waals surface area contributed by atoms with Crippen molar-refractivity contribution in [2.45, 2.75) is 12.3 Å². The van der Waals surface area contributed by atoms with E-state index in [0.717, 1.165) is 47.2 Å². The first-order valence-corrected chi connectivity index (χ1v) is 8.27. The van der Waals surface area contributed by atoms with Crippen LogP contribution in [0.25, 0.3) is 10.9 Å². The molecule has 1 aliphatic heterocycles. The fourth-order valence-electron chi connectivity index (χ4n) is 3.37. The van der Waals surface area contributed by atoms with Crippen LogP contribution in [0.15, 0.2) is 60.8 Å². The van der Waals surface area contributed by atoms with E-state index in [0.29, 0.717) is 5.92 Å². The number of rotatable bonds is 3. The van der Waals surface area contributed by atoms with Gasteiger partial charge in [0.1, 0.15) is 0 Å². The number of hydrogen-bond acceptors (Lipinski definition) is 3. The van der Waals surface area contributed by atoms with Crippen LogP contribution in [0.5, 0.6) is 0 Å². The van der Waals surface area contributed by atoms with E-state index in [1.54, 1.807) is 6.20 Å². The third kappa shape index (κ3) is 2.76. The molecular formula is C20H19N3O. The molecule has 2 aromatic carbocycles. The minimum atomic E-state index is -0.0735. The highest BCUT2D eigenvalue weighted by Gasteiger charge is 2.22. The summed E-state index contributed by atoms with van der Waals surface area (Å²) in [5, 5.41) is 7.43. The monoisotopic (exact) mass is 317 g/mol. The Morgan fingerprint density at radius 2 is 1.96 bits per heavy atom. The summed E-state index contributed by atoms with van der Waals surface area (Å²) in [7, 11) is 0. The van der Waals surface area contributed by atoms with Crippen molar-refractivity contribution in [1.82, 2.24) is 10.3 Å². The maximum absolute atomic E-state index is 12.9. The van der Waals surface area contributed by atoms with Gasteiger partial charge in [-0.2, -0.15) is 0 Å². The molecule has 0 spiro atoms. The van der Waals surface area contributed by atoms with Crippen LogP contribution in [0.3, 0.4) is 0 Å². The van der Waals surface area contributed by atoms with E-state index in [9.17, 15) is 4.79 Å². The Morgan fingerprint density at radius 3 is 2.83 bits per heavy atom. The first-order valence-electron chi connectivity index (χ1n) is 8.27. The van der Waals surface area contributed by atoms with Crippen LogP contribution in [0, 0.1) is 0 Å². The Morgan fingerprint density at radius 1 is 1.08 bits per heavy atom. The van der Waals surface area contributed by atoms with Crippen molar-refractivity contribution in [2.75, 3.05) is 18.4 Å². The largest absolute Gasteiger partial charge is 0.320 e. The molecule has 1 amide bonds. The second kappa shape index (κ2) is 6.42. The van der Waals surface area contributed by atoms with E-state index in [4.69, 9.17) is 0 Å². The number of hydrogen-bond donors (Lipinski definition) is 2. The van der Waals surface area contributed by atoms with Gasteiger partial charge in [-0.1, -0.05) is 36.4 Å². The molecule has 2 heterocycles. The molecular weight excluding hydrogens is 298 g/mol. The van der Waals surface area contributed by atoms with E-state index >= 15 is 0 Å². The summed E-state index contributed by atoms with van der Waals surface area (Å²) in [5.41, 5.74) is 3.43. The van der Waals surface area contributed by atoms with Crippen LogP contribution >= 0.6 is 0 Å². The Balaban J connectivity index is 1.67. The summed E-state index contributed by atoms with van der Waals surface area (Å²) in [5.74, 6) is 0.327. The number of pyridine rings is 1. The molecule has 0 radical (unpaired) electrons. The molecule has 4 heteroatoms. The number of anilines is 1.